The Bertz CT molecular complexity index is 1100. The number of aromatic nitrogens is 4. The van der Waals surface area contributed by atoms with Gasteiger partial charge in [-0.25, -0.2) is 13.4 Å². The summed E-state index contributed by atoms with van der Waals surface area (Å²) >= 11 is 0. The van der Waals surface area contributed by atoms with Crippen molar-refractivity contribution in [3.63, 3.8) is 0 Å². The second-order valence-electron chi connectivity index (χ2n) is 6.65. The summed E-state index contributed by atoms with van der Waals surface area (Å²) in [7, 11) is -1.95. The first-order valence-corrected chi connectivity index (χ1v) is 10.2. The number of fused-ring (bicyclic) bond motifs is 1. The van der Waals surface area contributed by atoms with Crippen LogP contribution >= 0.6 is 0 Å². The van der Waals surface area contributed by atoms with Gasteiger partial charge in [0.1, 0.15) is 12.0 Å². The van der Waals surface area contributed by atoms with Gasteiger partial charge in [0.25, 0.3) is 5.91 Å². The lowest BCUT2D eigenvalue weighted by Gasteiger charge is -2.31. The minimum Gasteiger partial charge on any atom is -0.337 e. The fourth-order valence-corrected chi connectivity index (χ4v) is 5.13. The lowest BCUT2D eigenvalue weighted by atomic mass is 10.1. The Labute approximate surface area is 156 Å². The fraction of sp³-hybridized carbons (Fsp3) is 0.333. The third-order valence-corrected chi connectivity index (χ3v) is 7.14. The second kappa shape index (κ2) is 6.73. The van der Waals surface area contributed by atoms with Crippen molar-refractivity contribution >= 4 is 26.6 Å². The highest BCUT2D eigenvalue weighted by molar-refractivity contribution is 7.91. The zero-order chi connectivity index (χ0) is 19.0. The van der Waals surface area contributed by atoms with Crippen LogP contribution in [0, 0.1) is 0 Å². The lowest BCUT2D eigenvalue weighted by molar-refractivity contribution is 0.0720. The number of hydrogen-bond donors (Lipinski definition) is 0. The summed E-state index contributed by atoms with van der Waals surface area (Å²) in [6.07, 6.45) is 2.11. The van der Waals surface area contributed by atoms with Gasteiger partial charge in [-0.05, 0) is 25.0 Å². The van der Waals surface area contributed by atoms with Gasteiger partial charge < -0.3 is 9.47 Å². The number of carbonyl (C=O) groups excluding carboxylic acids is 1. The summed E-state index contributed by atoms with van der Waals surface area (Å²) in [4.78, 5) is 18.9. The maximum atomic E-state index is 12.8. The minimum absolute atomic E-state index is 0.0246. The zero-order valence-corrected chi connectivity index (χ0v) is 15.6. The summed E-state index contributed by atoms with van der Waals surface area (Å²) in [6, 6.07) is 11.2. The number of pyridine rings is 1. The van der Waals surface area contributed by atoms with E-state index < -0.39 is 15.1 Å². The lowest BCUT2D eigenvalue weighted by Crippen LogP contribution is -2.43. The SMILES string of the molecule is Cn1cnnc1S(=O)(=O)C1CCN(C(=O)c2ccc3ccccc3n2)CC1. The Morgan fingerprint density at radius 1 is 1.11 bits per heavy atom. The van der Waals surface area contributed by atoms with Crippen molar-refractivity contribution in [1.82, 2.24) is 24.6 Å². The van der Waals surface area contributed by atoms with Crippen LogP contribution in [0.25, 0.3) is 10.9 Å². The predicted octanol–water partition coefficient (Wildman–Crippen LogP) is 1.44. The van der Waals surface area contributed by atoms with Crippen LogP contribution in [0.1, 0.15) is 23.3 Å². The molecule has 1 aliphatic heterocycles. The molecule has 1 aliphatic rings. The van der Waals surface area contributed by atoms with Gasteiger partial charge in [0.15, 0.2) is 0 Å². The first-order chi connectivity index (χ1) is 13.0. The van der Waals surface area contributed by atoms with Gasteiger partial charge in [-0.2, -0.15) is 0 Å². The summed E-state index contributed by atoms with van der Waals surface area (Å²) in [5.41, 5.74) is 1.14. The molecule has 140 valence electrons. The highest BCUT2D eigenvalue weighted by atomic mass is 32.2. The van der Waals surface area contributed by atoms with Crippen molar-refractivity contribution < 1.29 is 13.2 Å². The van der Waals surface area contributed by atoms with Gasteiger partial charge in [-0.15, -0.1) is 10.2 Å². The maximum absolute atomic E-state index is 12.8. The first kappa shape index (κ1) is 17.6. The van der Waals surface area contributed by atoms with Crippen molar-refractivity contribution in [2.45, 2.75) is 23.2 Å². The van der Waals surface area contributed by atoms with Crippen molar-refractivity contribution in [3.8, 4) is 0 Å². The van der Waals surface area contributed by atoms with Crippen LogP contribution < -0.4 is 0 Å². The molecular weight excluding hydrogens is 366 g/mol. The van der Waals surface area contributed by atoms with E-state index in [4.69, 9.17) is 0 Å². The Balaban J connectivity index is 1.48. The molecule has 0 unspecified atom stereocenters. The molecule has 1 saturated heterocycles. The number of benzene rings is 1. The molecule has 3 aromatic rings. The minimum atomic E-state index is -3.56. The van der Waals surface area contributed by atoms with Crippen LogP contribution in [-0.4, -0.2) is 57.3 Å². The average molecular weight is 385 g/mol. The fourth-order valence-electron chi connectivity index (χ4n) is 3.40. The number of rotatable bonds is 3. The van der Waals surface area contributed by atoms with Gasteiger partial charge in [0, 0.05) is 25.5 Å². The molecule has 2 aromatic heterocycles. The number of piperidine rings is 1. The predicted molar refractivity (Wildman–Crippen MR) is 98.9 cm³/mol. The molecule has 0 atom stereocenters. The van der Waals surface area contributed by atoms with Gasteiger partial charge in [-0.3, -0.25) is 4.79 Å². The van der Waals surface area contributed by atoms with E-state index in [1.54, 1.807) is 18.0 Å². The quantitative estimate of drug-likeness (QED) is 0.677. The highest BCUT2D eigenvalue weighted by Gasteiger charge is 2.35. The third-order valence-electron chi connectivity index (χ3n) is 4.91. The second-order valence-corrected chi connectivity index (χ2v) is 8.77. The molecule has 8 nitrogen and oxygen atoms in total. The third kappa shape index (κ3) is 3.18. The van der Waals surface area contributed by atoms with Crippen molar-refractivity contribution in [2.24, 2.45) is 7.05 Å². The van der Waals surface area contributed by atoms with E-state index in [1.165, 1.54) is 10.9 Å². The molecule has 3 heterocycles. The molecule has 1 aromatic carbocycles. The molecule has 1 amide bonds. The van der Waals surface area contributed by atoms with Crippen LogP contribution in [0.3, 0.4) is 0 Å². The Kier molecular flexibility index (Phi) is 4.39. The van der Waals surface area contributed by atoms with Crippen LogP contribution in [0.5, 0.6) is 0 Å². The van der Waals surface area contributed by atoms with Crippen LogP contribution in [-0.2, 0) is 16.9 Å². The average Bonchev–Trinajstić information content (AvgIpc) is 3.14. The van der Waals surface area contributed by atoms with E-state index in [-0.39, 0.29) is 11.1 Å². The number of aryl methyl sites for hydroxylation is 1. The summed E-state index contributed by atoms with van der Waals surface area (Å²) < 4.78 is 26.9. The molecule has 1 fully saturated rings. The largest absolute Gasteiger partial charge is 0.337 e. The van der Waals surface area contributed by atoms with Crippen LogP contribution in [0.15, 0.2) is 47.9 Å². The normalized spacial score (nSPS) is 16.0. The smallest absolute Gasteiger partial charge is 0.272 e. The number of likely N-dealkylation sites (tertiary alicyclic amines) is 1. The van der Waals surface area contributed by atoms with E-state index in [2.05, 4.69) is 15.2 Å². The number of carbonyl (C=O) groups is 1. The molecule has 9 heteroatoms. The number of para-hydroxylation sites is 1. The van der Waals surface area contributed by atoms with Crippen molar-refractivity contribution in [1.29, 1.82) is 0 Å². The van der Waals surface area contributed by atoms with E-state index >= 15 is 0 Å². The highest BCUT2D eigenvalue weighted by Crippen LogP contribution is 2.24. The number of nitrogens with zero attached hydrogens (tertiary/aromatic N) is 5. The van der Waals surface area contributed by atoms with Crippen molar-refractivity contribution in [2.75, 3.05) is 13.1 Å². The number of sulfone groups is 1. The van der Waals surface area contributed by atoms with Crippen LogP contribution in [0.4, 0.5) is 0 Å². The molecule has 0 N–H and O–H groups in total. The summed E-state index contributed by atoms with van der Waals surface area (Å²) in [5, 5.41) is 7.77. The van der Waals surface area contributed by atoms with Crippen LogP contribution in [0.2, 0.25) is 0 Å². The Hall–Kier alpha value is -2.81. The van der Waals surface area contributed by atoms with Gasteiger partial charge in [0.2, 0.25) is 15.0 Å². The van der Waals surface area contributed by atoms with E-state index in [9.17, 15) is 13.2 Å². The van der Waals surface area contributed by atoms with E-state index in [1.807, 2.05) is 30.3 Å². The molecule has 0 saturated carbocycles. The molecule has 0 radical (unpaired) electrons. The monoisotopic (exact) mass is 385 g/mol. The summed E-state index contributed by atoms with van der Waals surface area (Å²) in [5.74, 6) is -0.171. The molecule has 4 rings (SSSR count). The molecule has 0 spiro atoms. The molecular formula is C18H19N5O3S. The number of hydrogen-bond acceptors (Lipinski definition) is 6. The van der Waals surface area contributed by atoms with E-state index in [0.29, 0.717) is 31.6 Å². The molecule has 0 bridgehead atoms. The first-order valence-electron chi connectivity index (χ1n) is 8.70. The molecule has 27 heavy (non-hydrogen) atoms. The van der Waals surface area contributed by atoms with E-state index in [0.717, 1.165) is 10.9 Å². The maximum Gasteiger partial charge on any atom is 0.272 e. The van der Waals surface area contributed by atoms with Gasteiger partial charge in [-0.1, -0.05) is 24.3 Å². The molecule has 0 aliphatic carbocycles. The van der Waals surface area contributed by atoms with Gasteiger partial charge >= 0.3 is 0 Å². The standard InChI is InChI=1S/C18H19N5O3S/c1-22-12-19-21-18(22)27(25,26)14-8-10-23(11-9-14)17(24)16-7-6-13-4-2-3-5-15(13)20-16/h2-7,12,14H,8-11H2,1H3. The Morgan fingerprint density at radius 3 is 2.56 bits per heavy atom. The number of amides is 1. The zero-order valence-electron chi connectivity index (χ0n) is 14.8. The Morgan fingerprint density at radius 2 is 1.85 bits per heavy atom. The van der Waals surface area contributed by atoms with Gasteiger partial charge in [0.05, 0.1) is 10.8 Å². The van der Waals surface area contributed by atoms with Crippen molar-refractivity contribution in [3.05, 3.63) is 48.4 Å². The summed E-state index contributed by atoms with van der Waals surface area (Å²) in [6.45, 7) is 0.740. The topological polar surface area (TPSA) is 98.0 Å².